The van der Waals surface area contributed by atoms with Crippen LogP contribution in [0.25, 0.3) is 10.9 Å². The molecule has 0 bridgehead atoms. The van der Waals surface area contributed by atoms with E-state index in [0.29, 0.717) is 11.1 Å². The number of halogens is 3. The molecule has 0 amide bonds. The van der Waals surface area contributed by atoms with Crippen molar-refractivity contribution >= 4 is 42.5 Å². The number of fused-ring (bicyclic) bond motifs is 1. The number of hydrogen-bond donors (Lipinski definition) is 0. The summed E-state index contributed by atoms with van der Waals surface area (Å²) < 4.78 is 42.6. The number of ether oxygens (including phenoxy) is 2. The zero-order valence-corrected chi connectivity index (χ0v) is 21.2. The first-order valence-electron chi connectivity index (χ1n) is 10.4. The Morgan fingerprint density at radius 1 is 1.06 bits per heavy atom. The highest BCUT2D eigenvalue weighted by molar-refractivity contribution is 6.76. The molecule has 0 saturated carbocycles. The predicted octanol–water partition coefficient (Wildman–Crippen LogP) is 6.38. The zero-order valence-electron chi connectivity index (χ0n) is 19.4. The number of rotatable bonds is 6. The lowest BCUT2D eigenvalue weighted by Gasteiger charge is -2.18. The highest BCUT2D eigenvalue weighted by Gasteiger charge is 2.32. The molecule has 3 aromatic rings. The molecule has 0 spiro atoms. The van der Waals surface area contributed by atoms with Gasteiger partial charge in [-0.1, -0.05) is 37.3 Å². The molecule has 5 nitrogen and oxygen atoms in total. The van der Waals surface area contributed by atoms with Gasteiger partial charge in [0, 0.05) is 31.1 Å². The lowest BCUT2D eigenvalue weighted by molar-refractivity contribution is -0.131. The Bertz CT molecular complexity index is 1250. The Kier molecular flexibility index (Phi) is 7.00. The number of aryl methyl sites for hydroxylation is 1. The van der Waals surface area contributed by atoms with E-state index < -0.39 is 37.3 Å². The smallest absolute Gasteiger partial charge is 0.308 e. The van der Waals surface area contributed by atoms with Gasteiger partial charge in [-0.25, -0.2) is 8.78 Å². The van der Waals surface area contributed by atoms with Gasteiger partial charge < -0.3 is 9.47 Å². The van der Waals surface area contributed by atoms with Crippen molar-refractivity contribution in [2.45, 2.75) is 46.0 Å². The van der Waals surface area contributed by atoms with Crippen LogP contribution < -0.4 is 9.47 Å². The third-order valence-electron chi connectivity index (χ3n) is 5.39. The molecule has 0 unspecified atom stereocenters. The average molecular weight is 494 g/mol. The number of carbonyl (C=O) groups is 2. The van der Waals surface area contributed by atoms with E-state index in [-0.39, 0.29) is 39.9 Å². The van der Waals surface area contributed by atoms with Crippen LogP contribution in [0.3, 0.4) is 0 Å². The molecule has 1 aromatic heterocycles. The van der Waals surface area contributed by atoms with Gasteiger partial charge in [-0.2, -0.15) is 0 Å². The van der Waals surface area contributed by atoms with E-state index in [1.807, 2.05) is 0 Å². The predicted molar refractivity (Wildman–Crippen MR) is 127 cm³/mol. The summed E-state index contributed by atoms with van der Waals surface area (Å²) in [4.78, 5) is 25.4. The van der Waals surface area contributed by atoms with Crippen molar-refractivity contribution in [2.24, 2.45) is 0 Å². The summed E-state index contributed by atoms with van der Waals surface area (Å²) in [5.41, 5.74) is 0.634. The molecule has 176 valence electrons. The van der Waals surface area contributed by atoms with E-state index in [1.54, 1.807) is 12.1 Å². The first-order chi connectivity index (χ1) is 15.4. The molecule has 0 saturated heterocycles. The van der Waals surface area contributed by atoms with Gasteiger partial charge in [0.1, 0.15) is 0 Å². The van der Waals surface area contributed by atoms with E-state index in [9.17, 15) is 9.59 Å². The Morgan fingerprint density at radius 3 is 2.18 bits per heavy atom. The summed E-state index contributed by atoms with van der Waals surface area (Å²) >= 11 is 5.95. The van der Waals surface area contributed by atoms with E-state index in [1.165, 1.54) is 37.7 Å². The fourth-order valence-corrected chi connectivity index (χ4v) is 4.89. The highest BCUT2D eigenvalue weighted by atomic mass is 35.5. The van der Waals surface area contributed by atoms with Gasteiger partial charge in [0.05, 0.1) is 23.7 Å². The minimum Gasteiger partial charge on any atom is -0.491 e. The highest BCUT2D eigenvalue weighted by Crippen LogP contribution is 2.43. The van der Waals surface area contributed by atoms with Crippen LogP contribution in [0.15, 0.2) is 24.3 Å². The summed E-state index contributed by atoms with van der Waals surface area (Å²) in [5, 5.41) is 0.285. The minimum absolute atomic E-state index is 0.0396. The van der Waals surface area contributed by atoms with Gasteiger partial charge in [0.15, 0.2) is 23.1 Å². The first kappa shape index (κ1) is 24.9. The van der Waals surface area contributed by atoms with E-state index in [4.69, 9.17) is 21.1 Å². The van der Waals surface area contributed by atoms with Crippen molar-refractivity contribution in [3.8, 4) is 11.5 Å². The average Bonchev–Trinajstić information content (AvgIpc) is 2.99. The number of carbonyl (C=O) groups excluding carboxylic acids is 2. The van der Waals surface area contributed by atoms with Gasteiger partial charge in [-0.05, 0) is 37.6 Å². The van der Waals surface area contributed by atoms with Crippen LogP contribution in [0.4, 0.5) is 8.78 Å². The Hall–Kier alpha value is -2.71. The van der Waals surface area contributed by atoms with Gasteiger partial charge >= 0.3 is 5.97 Å². The lowest BCUT2D eigenvalue weighted by atomic mass is 10.1. The third kappa shape index (κ3) is 4.82. The number of hydrogen-bond acceptors (Lipinski definition) is 4. The number of aromatic nitrogens is 1. The van der Waals surface area contributed by atoms with E-state index >= 15 is 8.78 Å². The van der Waals surface area contributed by atoms with Crippen LogP contribution in [-0.4, -0.2) is 31.6 Å². The van der Waals surface area contributed by atoms with Crippen LogP contribution in [0.5, 0.6) is 11.5 Å². The van der Waals surface area contributed by atoms with Crippen molar-refractivity contribution in [3.63, 3.8) is 0 Å². The molecular formula is C24H26ClF2NO4Si. The molecule has 0 aliphatic carbocycles. The van der Waals surface area contributed by atoms with Gasteiger partial charge in [-0.3, -0.25) is 14.2 Å². The fraction of sp³-hybridized carbons (Fsp3) is 0.333. The number of nitrogens with zero attached hydrogens (tertiary/aromatic N) is 1. The standard InChI is InChI=1S/C24H26ClF2NO4Si/c1-13-22(32-14(2)29)18-20(27)23(31-3)19(26)17(11-12-33(4,5)6)21(18)28(13)24(30)15-7-9-16(25)10-8-15/h7-10H,11-12H2,1-6H3. The summed E-state index contributed by atoms with van der Waals surface area (Å²) in [6.45, 7) is 9.11. The van der Waals surface area contributed by atoms with Gasteiger partial charge in [-0.15, -0.1) is 0 Å². The second-order valence-corrected chi connectivity index (χ2v) is 15.1. The normalized spacial score (nSPS) is 11.7. The second kappa shape index (κ2) is 9.27. The molecule has 9 heteroatoms. The molecule has 3 rings (SSSR count). The molecular weight excluding hydrogens is 468 g/mol. The van der Waals surface area contributed by atoms with Crippen molar-refractivity contribution in [1.29, 1.82) is 0 Å². The summed E-state index contributed by atoms with van der Waals surface area (Å²) in [5.74, 6) is -3.81. The first-order valence-corrected chi connectivity index (χ1v) is 14.5. The van der Waals surface area contributed by atoms with E-state index in [2.05, 4.69) is 19.6 Å². The molecule has 0 radical (unpaired) electrons. The Morgan fingerprint density at radius 2 is 1.67 bits per heavy atom. The number of benzene rings is 2. The van der Waals surface area contributed by atoms with Crippen molar-refractivity contribution < 1.29 is 27.8 Å². The molecule has 0 aliphatic rings. The van der Waals surface area contributed by atoms with Crippen LogP contribution in [-0.2, 0) is 11.2 Å². The molecule has 0 N–H and O–H groups in total. The molecule has 1 heterocycles. The number of methoxy groups -OCH3 is 1. The van der Waals surface area contributed by atoms with Crippen molar-refractivity contribution in [3.05, 3.63) is 57.7 Å². The van der Waals surface area contributed by atoms with Crippen LogP contribution in [0, 0.1) is 18.6 Å². The zero-order chi connectivity index (χ0) is 24.7. The third-order valence-corrected chi connectivity index (χ3v) is 7.39. The summed E-state index contributed by atoms with van der Waals surface area (Å²) in [6.07, 6.45) is 0.269. The van der Waals surface area contributed by atoms with Crippen molar-refractivity contribution in [1.82, 2.24) is 4.57 Å². The van der Waals surface area contributed by atoms with Crippen LogP contribution in [0.1, 0.15) is 28.5 Å². The quantitative estimate of drug-likeness (QED) is 0.295. The van der Waals surface area contributed by atoms with E-state index in [0.717, 1.165) is 0 Å². The molecule has 0 aliphatic heterocycles. The van der Waals surface area contributed by atoms with Gasteiger partial charge in [0.2, 0.25) is 0 Å². The second-order valence-electron chi connectivity index (χ2n) is 9.08. The molecule has 0 fully saturated rings. The maximum Gasteiger partial charge on any atom is 0.308 e. The monoisotopic (exact) mass is 493 g/mol. The summed E-state index contributed by atoms with van der Waals surface area (Å²) in [6, 6.07) is 6.85. The molecule has 2 aromatic carbocycles. The maximum atomic E-state index is 15.5. The van der Waals surface area contributed by atoms with Crippen molar-refractivity contribution in [2.75, 3.05) is 7.11 Å². The number of esters is 1. The molecule has 33 heavy (non-hydrogen) atoms. The fourth-order valence-electron chi connectivity index (χ4n) is 3.76. The SMILES string of the molecule is COc1c(F)c(CC[Si](C)(C)C)c2c(c1F)c(OC(C)=O)c(C)n2C(=O)c1ccc(Cl)cc1. The lowest BCUT2D eigenvalue weighted by Crippen LogP contribution is -2.21. The topological polar surface area (TPSA) is 57.5 Å². The van der Waals surface area contributed by atoms with Crippen LogP contribution in [0.2, 0.25) is 30.7 Å². The largest absolute Gasteiger partial charge is 0.491 e. The molecule has 0 atom stereocenters. The minimum atomic E-state index is -1.63. The Balaban J connectivity index is 2.44. The maximum absolute atomic E-state index is 15.5. The van der Waals surface area contributed by atoms with Crippen LogP contribution >= 0.6 is 11.6 Å². The van der Waals surface area contributed by atoms with Gasteiger partial charge in [0.25, 0.3) is 5.91 Å². The Labute approximate surface area is 197 Å². The summed E-state index contributed by atoms with van der Waals surface area (Å²) in [7, 11) is -0.464.